The van der Waals surface area contributed by atoms with Crippen LogP contribution in [0.2, 0.25) is 0 Å². The minimum absolute atomic E-state index is 0.121. The Labute approximate surface area is 127 Å². The molecule has 3 heterocycles. The van der Waals surface area contributed by atoms with Crippen LogP contribution in [-0.2, 0) is 11.3 Å². The molecule has 0 bridgehead atoms. The van der Waals surface area contributed by atoms with Crippen LogP contribution in [0.1, 0.15) is 21.5 Å². The van der Waals surface area contributed by atoms with Crippen LogP contribution in [-0.4, -0.2) is 25.7 Å². The molecule has 0 saturated heterocycles. The molecule has 0 aliphatic carbocycles. The van der Waals surface area contributed by atoms with Crippen molar-refractivity contribution in [3.63, 3.8) is 0 Å². The van der Waals surface area contributed by atoms with Crippen molar-refractivity contribution in [3.05, 3.63) is 71.9 Å². The van der Waals surface area contributed by atoms with Crippen LogP contribution < -0.4 is 0 Å². The summed E-state index contributed by atoms with van der Waals surface area (Å²) in [6.45, 7) is 2.00. The van der Waals surface area contributed by atoms with E-state index >= 15 is 0 Å². The van der Waals surface area contributed by atoms with E-state index in [1.807, 2.05) is 19.1 Å². The number of aryl methyl sites for hydroxylation is 1. The molecule has 6 heteroatoms. The van der Waals surface area contributed by atoms with Gasteiger partial charge in [0.25, 0.3) is 0 Å². The summed E-state index contributed by atoms with van der Waals surface area (Å²) in [5.74, 6) is 0.231. The van der Waals surface area contributed by atoms with Crippen molar-refractivity contribution in [1.29, 1.82) is 0 Å². The summed E-state index contributed by atoms with van der Waals surface area (Å²) in [6.07, 6.45) is 8.31. The first-order chi connectivity index (χ1) is 10.7. The van der Waals surface area contributed by atoms with Gasteiger partial charge in [-0.25, -0.2) is 14.5 Å². The summed E-state index contributed by atoms with van der Waals surface area (Å²) in [5.41, 5.74) is 2.12. The fraction of sp³-hybridized carbons (Fsp3) is 0.125. The van der Waals surface area contributed by atoms with E-state index in [0.29, 0.717) is 11.4 Å². The first kappa shape index (κ1) is 13.9. The molecule has 0 aliphatic rings. The van der Waals surface area contributed by atoms with E-state index in [1.165, 1.54) is 6.20 Å². The van der Waals surface area contributed by atoms with E-state index in [0.717, 1.165) is 11.1 Å². The zero-order valence-electron chi connectivity index (χ0n) is 12.0. The van der Waals surface area contributed by atoms with Gasteiger partial charge in [-0.05, 0) is 30.7 Å². The van der Waals surface area contributed by atoms with Crippen LogP contribution in [0.4, 0.5) is 0 Å². The summed E-state index contributed by atoms with van der Waals surface area (Å²) in [7, 11) is 0. The molecule has 0 atom stereocenters. The summed E-state index contributed by atoms with van der Waals surface area (Å²) in [4.78, 5) is 20.3. The Bertz CT molecular complexity index is 784. The van der Waals surface area contributed by atoms with Crippen molar-refractivity contribution in [2.24, 2.45) is 0 Å². The monoisotopic (exact) mass is 294 g/mol. The number of hydrogen-bond acceptors (Lipinski definition) is 5. The molecule has 0 aromatic carbocycles. The van der Waals surface area contributed by atoms with Crippen molar-refractivity contribution in [2.45, 2.75) is 13.5 Å². The third-order valence-electron chi connectivity index (χ3n) is 3.06. The van der Waals surface area contributed by atoms with Crippen LogP contribution in [0.15, 0.2) is 55.2 Å². The van der Waals surface area contributed by atoms with Gasteiger partial charge >= 0.3 is 5.97 Å². The first-order valence-corrected chi connectivity index (χ1v) is 6.77. The maximum atomic E-state index is 12.1. The number of carbonyl (C=O) groups is 1. The molecule has 3 aromatic rings. The highest BCUT2D eigenvalue weighted by Gasteiger charge is 2.11. The van der Waals surface area contributed by atoms with Gasteiger partial charge in [-0.2, -0.15) is 5.10 Å². The number of hydrogen-bond donors (Lipinski definition) is 0. The Morgan fingerprint density at radius 1 is 1.27 bits per heavy atom. The molecule has 110 valence electrons. The van der Waals surface area contributed by atoms with Crippen molar-refractivity contribution in [1.82, 2.24) is 19.7 Å². The van der Waals surface area contributed by atoms with Crippen molar-refractivity contribution in [2.75, 3.05) is 0 Å². The smallest absolute Gasteiger partial charge is 0.340 e. The van der Waals surface area contributed by atoms with Crippen LogP contribution in [0.5, 0.6) is 0 Å². The van der Waals surface area contributed by atoms with Gasteiger partial charge in [0.1, 0.15) is 6.61 Å². The van der Waals surface area contributed by atoms with Gasteiger partial charge in [-0.1, -0.05) is 6.07 Å². The zero-order valence-corrected chi connectivity index (χ0v) is 12.0. The van der Waals surface area contributed by atoms with Crippen molar-refractivity contribution in [3.8, 4) is 5.82 Å². The van der Waals surface area contributed by atoms with E-state index in [1.54, 1.807) is 41.6 Å². The molecule has 0 spiro atoms. The predicted octanol–water partition coefficient (Wildman–Crippen LogP) is 2.33. The number of pyridine rings is 2. The number of nitrogens with zero attached hydrogens (tertiary/aromatic N) is 4. The average molecular weight is 294 g/mol. The summed E-state index contributed by atoms with van der Waals surface area (Å²) < 4.78 is 6.98. The summed E-state index contributed by atoms with van der Waals surface area (Å²) >= 11 is 0. The Morgan fingerprint density at radius 3 is 2.95 bits per heavy atom. The van der Waals surface area contributed by atoms with E-state index in [2.05, 4.69) is 15.1 Å². The lowest BCUT2D eigenvalue weighted by atomic mass is 10.2. The van der Waals surface area contributed by atoms with E-state index in [-0.39, 0.29) is 6.61 Å². The normalized spacial score (nSPS) is 10.4. The van der Waals surface area contributed by atoms with E-state index in [9.17, 15) is 4.79 Å². The number of aromatic nitrogens is 4. The number of ether oxygens (including phenoxy) is 1. The van der Waals surface area contributed by atoms with Crippen molar-refractivity contribution >= 4 is 5.97 Å². The molecular formula is C16H14N4O2. The lowest BCUT2D eigenvalue weighted by molar-refractivity contribution is 0.0471. The molecule has 0 amide bonds. The number of carbonyl (C=O) groups excluding carboxylic acids is 1. The first-order valence-electron chi connectivity index (χ1n) is 6.77. The molecule has 0 unspecified atom stereocenters. The van der Waals surface area contributed by atoms with Gasteiger partial charge in [0.2, 0.25) is 0 Å². The molecule has 3 aromatic heterocycles. The Kier molecular flexibility index (Phi) is 3.91. The van der Waals surface area contributed by atoms with Crippen LogP contribution >= 0.6 is 0 Å². The maximum Gasteiger partial charge on any atom is 0.340 e. The third kappa shape index (κ3) is 3.01. The van der Waals surface area contributed by atoms with Gasteiger partial charge in [0.05, 0.1) is 5.56 Å². The number of esters is 1. The minimum Gasteiger partial charge on any atom is -0.457 e. The highest BCUT2D eigenvalue weighted by Crippen LogP contribution is 2.13. The van der Waals surface area contributed by atoms with Crippen LogP contribution in [0.3, 0.4) is 0 Å². The third-order valence-corrected chi connectivity index (χ3v) is 3.06. The van der Waals surface area contributed by atoms with Crippen molar-refractivity contribution < 1.29 is 9.53 Å². The fourth-order valence-corrected chi connectivity index (χ4v) is 2.04. The highest BCUT2D eigenvalue weighted by molar-refractivity contribution is 5.89. The molecule has 22 heavy (non-hydrogen) atoms. The van der Waals surface area contributed by atoms with Gasteiger partial charge in [-0.15, -0.1) is 0 Å². The predicted molar refractivity (Wildman–Crippen MR) is 79.5 cm³/mol. The van der Waals surface area contributed by atoms with Gasteiger partial charge in [-0.3, -0.25) is 4.98 Å². The Balaban J connectivity index is 1.76. The van der Waals surface area contributed by atoms with Gasteiger partial charge in [0, 0.05) is 36.5 Å². The molecule has 0 saturated carbocycles. The second-order valence-corrected chi connectivity index (χ2v) is 4.76. The Hall–Kier alpha value is -3.02. The molecule has 0 fully saturated rings. The molecule has 6 nitrogen and oxygen atoms in total. The molecule has 0 N–H and O–H groups in total. The zero-order chi connectivity index (χ0) is 15.4. The van der Waals surface area contributed by atoms with Gasteiger partial charge in [0.15, 0.2) is 5.82 Å². The molecule has 3 rings (SSSR count). The maximum absolute atomic E-state index is 12.1. The molecular weight excluding hydrogens is 280 g/mol. The van der Waals surface area contributed by atoms with Crippen LogP contribution in [0.25, 0.3) is 5.82 Å². The largest absolute Gasteiger partial charge is 0.457 e. The topological polar surface area (TPSA) is 69.9 Å². The highest BCUT2D eigenvalue weighted by atomic mass is 16.5. The average Bonchev–Trinajstić information content (AvgIpc) is 3.07. The van der Waals surface area contributed by atoms with E-state index < -0.39 is 5.97 Å². The fourth-order valence-electron chi connectivity index (χ4n) is 2.04. The van der Waals surface area contributed by atoms with Crippen LogP contribution in [0, 0.1) is 6.92 Å². The summed E-state index contributed by atoms with van der Waals surface area (Å²) in [5, 5.41) is 4.15. The lowest BCUT2D eigenvalue weighted by Crippen LogP contribution is -2.09. The van der Waals surface area contributed by atoms with E-state index in [4.69, 9.17) is 4.74 Å². The quantitative estimate of drug-likeness (QED) is 0.691. The molecule has 0 radical (unpaired) electrons. The standard InChI is InChI=1S/C16H14N4O2/c1-12-8-14(10-17-9-12)16(21)22-11-13-4-2-5-18-15(13)20-7-3-6-19-20/h2-10H,11H2,1H3. The summed E-state index contributed by atoms with van der Waals surface area (Å²) in [6, 6.07) is 7.20. The lowest BCUT2D eigenvalue weighted by Gasteiger charge is -2.09. The number of rotatable bonds is 4. The SMILES string of the molecule is Cc1cncc(C(=O)OCc2cccnc2-n2cccn2)c1. The van der Waals surface area contributed by atoms with Gasteiger partial charge < -0.3 is 4.74 Å². The second kappa shape index (κ2) is 6.17. The minimum atomic E-state index is -0.411. The Morgan fingerprint density at radius 2 is 2.18 bits per heavy atom. The molecule has 0 aliphatic heterocycles. The second-order valence-electron chi connectivity index (χ2n) is 4.76.